The Kier molecular flexibility index (Phi) is 5.27. The van der Waals surface area contributed by atoms with Crippen molar-refractivity contribution in [2.45, 2.75) is 25.3 Å². The highest BCUT2D eigenvalue weighted by atomic mass is 79.9. The summed E-state index contributed by atoms with van der Waals surface area (Å²) in [6.45, 7) is 3.91. The van der Waals surface area contributed by atoms with Crippen molar-refractivity contribution in [3.05, 3.63) is 22.8 Å². The Morgan fingerprint density at radius 2 is 2.29 bits per heavy atom. The van der Waals surface area contributed by atoms with Crippen LogP contribution < -0.4 is 5.73 Å². The second-order valence-electron chi connectivity index (χ2n) is 4.28. The zero-order valence-corrected chi connectivity index (χ0v) is 12.3. The molecule has 6 heteroatoms. The molecule has 0 amide bonds. The molecule has 94 valence electrons. The number of nitrogens with two attached hydrogens (primary N) is 1. The highest BCUT2D eigenvalue weighted by molar-refractivity contribution is 9.10. The molecule has 0 aliphatic carbocycles. The molecule has 0 aliphatic rings. The van der Waals surface area contributed by atoms with E-state index in [2.05, 4.69) is 26.1 Å². The van der Waals surface area contributed by atoms with E-state index in [-0.39, 0.29) is 11.3 Å². The average Bonchev–Trinajstić information content (AvgIpc) is 2.30. The van der Waals surface area contributed by atoms with Crippen LogP contribution in [-0.2, 0) is 0 Å². The molecule has 0 aliphatic heterocycles. The quantitative estimate of drug-likeness (QED) is 0.288. The van der Waals surface area contributed by atoms with Gasteiger partial charge in [0.2, 0.25) is 0 Å². The lowest BCUT2D eigenvalue weighted by molar-refractivity contribution is 0.307. The summed E-state index contributed by atoms with van der Waals surface area (Å²) in [4.78, 5) is 4.27. The van der Waals surface area contributed by atoms with Crippen molar-refractivity contribution in [3.63, 3.8) is 0 Å². The lowest BCUT2D eigenvalue weighted by atomic mass is 9.89. The van der Waals surface area contributed by atoms with Crippen molar-refractivity contribution in [1.29, 1.82) is 0 Å². The van der Waals surface area contributed by atoms with Crippen LogP contribution in [0.15, 0.2) is 33.0 Å². The molecule has 0 radical (unpaired) electrons. The van der Waals surface area contributed by atoms with Crippen molar-refractivity contribution in [1.82, 2.24) is 4.98 Å². The predicted molar refractivity (Wildman–Crippen MR) is 74.5 cm³/mol. The Bertz CT molecular complexity index is 392. The fourth-order valence-electron chi connectivity index (χ4n) is 1.12. The second kappa shape index (κ2) is 6.26. The van der Waals surface area contributed by atoms with Crippen LogP contribution in [0.2, 0.25) is 0 Å². The molecule has 0 spiro atoms. The van der Waals surface area contributed by atoms with E-state index in [1.54, 1.807) is 18.0 Å². The van der Waals surface area contributed by atoms with E-state index in [4.69, 9.17) is 10.9 Å². The van der Waals surface area contributed by atoms with Gasteiger partial charge in [0.15, 0.2) is 0 Å². The zero-order chi connectivity index (χ0) is 12.9. The number of oxime groups is 1. The third-order valence-electron chi connectivity index (χ3n) is 2.48. The number of amidine groups is 1. The number of halogens is 1. The van der Waals surface area contributed by atoms with Gasteiger partial charge < -0.3 is 10.9 Å². The third kappa shape index (κ3) is 4.55. The number of rotatable bonds is 5. The van der Waals surface area contributed by atoms with Gasteiger partial charge in [-0.15, -0.1) is 11.8 Å². The van der Waals surface area contributed by atoms with Gasteiger partial charge in [-0.1, -0.05) is 19.0 Å². The maximum absolute atomic E-state index is 8.66. The third-order valence-corrected chi connectivity index (χ3v) is 3.89. The standard InChI is InChI=1S/C11H16BrN3OS/c1-11(2,10(13)15-16)5-6-17-9-4-3-8(12)7-14-9/h3-4,7,16H,5-6H2,1-2H3,(H2,13,15). The number of nitrogens with zero attached hydrogens (tertiary/aromatic N) is 2. The molecule has 4 nitrogen and oxygen atoms in total. The van der Waals surface area contributed by atoms with E-state index in [0.717, 1.165) is 21.7 Å². The average molecular weight is 318 g/mol. The molecule has 1 aromatic rings. The van der Waals surface area contributed by atoms with Gasteiger partial charge in [-0.25, -0.2) is 4.98 Å². The van der Waals surface area contributed by atoms with E-state index in [1.165, 1.54) is 0 Å². The first-order valence-electron chi connectivity index (χ1n) is 5.18. The van der Waals surface area contributed by atoms with Crippen LogP contribution in [-0.4, -0.2) is 21.8 Å². The summed E-state index contributed by atoms with van der Waals surface area (Å²) in [6, 6.07) is 3.93. The van der Waals surface area contributed by atoms with Crippen molar-refractivity contribution in [2.24, 2.45) is 16.3 Å². The maximum atomic E-state index is 8.66. The van der Waals surface area contributed by atoms with E-state index < -0.39 is 0 Å². The fraction of sp³-hybridized carbons (Fsp3) is 0.455. The summed E-state index contributed by atoms with van der Waals surface area (Å²) in [5, 5.41) is 12.7. The fourth-order valence-corrected chi connectivity index (χ4v) is 2.47. The zero-order valence-electron chi connectivity index (χ0n) is 9.85. The van der Waals surface area contributed by atoms with E-state index in [9.17, 15) is 0 Å². The molecule has 3 N–H and O–H groups in total. The van der Waals surface area contributed by atoms with Gasteiger partial charge in [-0.05, 0) is 34.5 Å². The van der Waals surface area contributed by atoms with Gasteiger partial charge in [0, 0.05) is 21.8 Å². The van der Waals surface area contributed by atoms with Gasteiger partial charge in [-0.3, -0.25) is 0 Å². The van der Waals surface area contributed by atoms with E-state index in [0.29, 0.717) is 0 Å². The lowest BCUT2D eigenvalue weighted by Crippen LogP contribution is -2.32. The predicted octanol–water partition coefficient (Wildman–Crippen LogP) is 3.10. The van der Waals surface area contributed by atoms with E-state index >= 15 is 0 Å². The minimum atomic E-state index is -0.295. The summed E-state index contributed by atoms with van der Waals surface area (Å²) >= 11 is 5.00. The van der Waals surface area contributed by atoms with Crippen LogP contribution in [0.25, 0.3) is 0 Å². The van der Waals surface area contributed by atoms with Gasteiger partial charge in [0.25, 0.3) is 0 Å². The second-order valence-corrected chi connectivity index (χ2v) is 6.31. The van der Waals surface area contributed by atoms with Crippen LogP contribution >= 0.6 is 27.7 Å². The smallest absolute Gasteiger partial charge is 0.144 e. The minimum absolute atomic E-state index is 0.266. The van der Waals surface area contributed by atoms with E-state index in [1.807, 2.05) is 26.0 Å². The molecule has 0 unspecified atom stereocenters. The molecule has 0 atom stereocenters. The summed E-state index contributed by atoms with van der Waals surface area (Å²) < 4.78 is 0.971. The minimum Gasteiger partial charge on any atom is -0.409 e. The van der Waals surface area contributed by atoms with Crippen LogP contribution in [0.1, 0.15) is 20.3 Å². The first-order valence-corrected chi connectivity index (χ1v) is 6.96. The summed E-state index contributed by atoms with van der Waals surface area (Å²) in [6.07, 6.45) is 2.60. The Balaban J connectivity index is 2.45. The first-order chi connectivity index (χ1) is 7.95. The molecule has 1 heterocycles. The number of hydrogen-bond donors (Lipinski definition) is 2. The molecule has 0 saturated carbocycles. The molecular formula is C11H16BrN3OS. The number of pyridine rings is 1. The monoisotopic (exact) mass is 317 g/mol. The summed E-state index contributed by atoms with van der Waals surface area (Å²) in [7, 11) is 0. The number of hydrogen-bond acceptors (Lipinski definition) is 4. The molecule has 1 aromatic heterocycles. The van der Waals surface area contributed by atoms with Crippen LogP contribution in [0.5, 0.6) is 0 Å². The SMILES string of the molecule is CC(C)(CCSc1ccc(Br)cn1)C(N)=NO. The van der Waals surface area contributed by atoms with Crippen LogP contribution in [0, 0.1) is 5.41 Å². The van der Waals surface area contributed by atoms with Crippen LogP contribution in [0.4, 0.5) is 0 Å². The topological polar surface area (TPSA) is 71.5 Å². The normalized spacial score (nSPS) is 12.8. The summed E-state index contributed by atoms with van der Waals surface area (Å²) in [5.41, 5.74) is 5.32. The molecule has 17 heavy (non-hydrogen) atoms. The molecule has 0 fully saturated rings. The Labute approximate surface area is 114 Å². The first kappa shape index (κ1) is 14.3. The van der Waals surface area contributed by atoms with Crippen LogP contribution in [0.3, 0.4) is 0 Å². The van der Waals surface area contributed by atoms with Crippen molar-refractivity contribution >= 4 is 33.5 Å². The Morgan fingerprint density at radius 1 is 1.59 bits per heavy atom. The maximum Gasteiger partial charge on any atom is 0.144 e. The molecule has 1 rings (SSSR count). The van der Waals surface area contributed by atoms with Gasteiger partial charge in [-0.2, -0.15) is 0 Å². The van der Waals surface area contributed by atoms with Crippen molar-refractivity contribution in [2.75, 3.05) is 5.75 Å². The highest BCUT2D eigenvalue weighted by Crippen LogP contribution is 2.26. The van der Waals surface area contributed by atoms with Gasteiger partial charge in [0.1, 0.15) is 5.84 Å². The highest BCUT2D eigenvalue weighted by Gasteiger charge is 2.23. The summed E-state index contributed by atoms with van der Waals surface area (Å²) in [5.74, 6) is 1.14. The largest absolute Gasteiger partial charge is 0.409 e. The molecular weight excluding hydrogens is 302 g/mol. The molecule has 0 saturated heterocycles. The lowest BCUT2D eigenvalue weighted by Gasteiger charge is -2.22. The van der Waals surface area contributed by atoms with Crippen molar-refractivity contribution < 1.29 is 5.21 Å². The Morgan fingerprint density at radius 3 is 2.82 bits per heavy atom. The van der Waals surface area contributed by atoms with Gasteiger partial charge >= 0.3 is 0 Å². The number of aromatic nitrogens is 1. The molecule has 0 aromatic carbocycles. The Hall–Kier alpha value is -0.750. The molecule has 0 bridgehead atoms. The van der Waals surface area contributed by atoms with Gasteiger partial charge in [0.05, 0.1) is 5.03 Å². The number of thioether (sulfide) groups is 1. The van der Waals surface area contributed by atoms with Crippen molar-refractivity contribution in [3.8, 4) is 0 Å².